The van der Waals surface area contributed by atoms with Crippen molar-refractivity contribution >= 4 is 43.2 Å². The van der Waals surface area contributed by atoms with E-state index in [2.05, 4.69) is 32.0 Å². The Labute approximate surface area is 200 Å². The van der Waals surface area contributed by atoms with Gasteiger partial charge in [-0.25, -0.2) is 8.42 Å². The summed E-state index contributed by atoms with van der Waals surface area (Å²) in [5, 5.41) is 12.0. The molecule has 1 aliphatic rings. The third-order valence-electron chi connectivity index (χ3n) is 5.29. The van der Waals surface area contributed by atoms with E-state index in [1.807, 2.05) is 12.1 Å². The lowest BCUT2D eigenvalue weighted by atomic mass is 9.98. The Morgan fingerprint density at radius 1 is 0.970 bits per heavy atom. The number of sulfonamides is 1. The van der Waals surface area contributed by atoms with E-state index in [-0.39, 0.29) is 22.8 Å². The fourth-order valence-corrected chi connectivity index (χ4v) is 4.58. The smallest absolute Gasteiger partial charge is 0.262 e. The largest absolute Gasteiger partial charge is 0.484 e. The first kappa shape index (κ1) is 22.8. The van der Waals surface area contributed by atoms with E-state index < -0.39 is 10.0 Å². The van der Waals surface area contributed by atoms with E-state index in [0.29, 0.717) is 17.1 Å². The number of hydrogen-bond donors (Lipinski definition) is 2. The molecular weight excluding hydrogens is 506 g/mol. The maximum atomic E-state index is 12.5. The molecule has 3 aromatic carbocycles. The molecule has 1 saturated carbocycles. The number of benzene rings is 3. The molecule has 9 heteroatoms. The lowest BCUT2D eigenvalue weighted by Gasteiger charge is -2.11. The van der Waals surface area contributed by atoms with Crippen molar-refractivity contribution in [3.8, 4) is 11.8 Å². The highest BCUT2D eigenvalue weighted by atomic mass is 79.9. The zero-order valence-electron chi connectivity index (χ0n) is 17.4. The third-order valence-corrected chi connectivity index (χ3v) is 7.21. The molecule has 0 unspecified atom stereocenters. The Morgan fingerprint density at radius 3 is 2.15 bits per heavy atom. The SMILES string of the molecule is N#CC1(c2ccc(NC(=O)COc3ccc(S(=O)(=O)Nc4ccc(Br)cc4)cc3)cc2)CC1. The Morgan fingerprint density at radius 2 is 1.58 bits per heavy atom. The van der Waals surface area contributed by atoms with Crippen LogP contribution in [0.25, 0.3) is 0 Å². The van der Waals surface area contributed by atoms with E-state index in [9.17, 15) is 18.5 Å². The van der Waals surface area contributed by atoms with Crippen LogP contribution in [0.4, 0.5) is 11.4 Å². The van der Waals surface area contributed by atoms with Gasteiger partial charge in [0.15, 0.2) is 6.61 Å². The summed E-state index contributed by atoms with van der Waals surface area (Å²) in [6.07, 6.45) is 1.73. The first-order valence-electron chi connectivity index (χ1n) is 10.1. The number of hydrogen-bond acceptors (Lipinski definition) is 5. The van der Waals surface area contributed by atoms with Gasteiger partial charge in [0.25, 0.3) is 15.9 Å². The van der Waals surface area contributed by atoms with Gasteiger partial charge in [0, 0.05) is 15.8 Å². The van der Waals surface area contributed by atoms with Crippen molar-refractivity contribution in [1.29, 1.82) is 5.26 Å². The van der Waals surface area contributed by atoms with E-state index >= 15 is 0 Å². The maximum absolute atomic E-state index is 12.5. The molecule has 4 rings (SSSR count). The van der Waals surface area contributed by atoms with E-state index in [1.165, 1.54) is 24.3 Å². The molecule has 7 nitrogen and oxygen atoms in total. The second-order valence-electron chi connectivity index (χ2n) is 7.69. The van der Waals surface area contributed by atoms with E-state index in [0.717, 1.165) is 22.9 Å². The fourth-order valence-electron chi connectivity index (χ4n) is 3.26. The number of amides is 1. The monoisotopic (exact) mass is 525 g/mol. The van der Waals surface area contributed by atoms with Crippen LogP contribution in [-0.2, 0) is 20.2 Å². The summed E-state index contributed by atoms with van der Waals surface area (Å²) in [7, 11) is -3.75. The van der Waals surface area contributed by atoms with Crippen molar-refractivity contribution in [2.45, 2.75) is 23.2 Å². The number of nitrogens with one attached hydrogen (secondary N) is 2. The van der Waals surface area contributed by atoms with Gasteiger partial charge in [-0.3, -0.25) is 9.52 Å². The number of rotatable bonds is 8. The number of anilines is 2. The molecule has 168 valence electrons. The quantitative estimate of drug-likeness (QED) is 0.438. The van der Waals surface area contributed by atoms with Gasteiger partial charge in [-0.1, -0.05) is 28.1 Å². The van der Waals surface area contributed by atoms with Gasteiger partial charge in [0.1, 0.15) is 5.75 Å². The molecule has 0 saturated heterocycles. The Balaban J connectivity index is 1.30. The molecule has 0 aliphatic heterocycles. The van der Waals surface area contributed by atoms with Gasteiger partial charge >= 0.3 is 0 Å². The normalized spacial score (nSPS) is 14.1. The van der Waals surface area contributed by atoms with Gasteiger partial charge in [0.2, 0.25) is 0 Å². The van der Waals surface area contributed by atoms with Gasteiger partial charge in [0.05, 0.1) is 16.4 Å². The standard InChI is InChI=1S/C24H20BrN3O4S/c25-18-3-7-20(8-4-18)28-33(30,31)22-11-9-21(10-12-22)32-15-23(29)27-19-5-1-17(2-6-19)24(16-26)13-14-24/h1-12,28H,13-15H2,(H,27,29). The summed E-state index contributed by atoms with van der Waals surface area (Å²) in [5.74, 6) is 0.0190. The number of nitriles is 1. The van der Waals surface area contributed by atoms with Gasteiger partial charge in [-0.2, -0.15) is 5.26 Å². The maximum Gasteiger partial charge on any atom is 0.262 e. The van der Waals surface area contributed by atoms with Crippen molar-refractivity contribution in [1.82, 2.24) is 0 Å². The molecule has 0 radical (unpaired) electrons. The summed E-state index contributed by atoms with van der Waals surface area (Å²) in [6, 6.07) is 22.2. The van der Waals surface area contributed by atoms with Crippen LogP contribution in [0.3, 0.4) is 0 Å². The van der Waals surface area contributed by atoms with Gasteiger partial charge < -0.3 is 10.1 Å². The molecule has 0 aromatic heterocycles. The molecule has 0 atom stereocenters. The predicted molar refractivity (Wildman–Crippen MR) is 128 cm³/mol. The number of nitrogens with zero attached hydrogens (tertiary/aromatic N) is 1. The Hall–Kier alpha value is -3.35. The van der Waals surface area contributed by atoms with Crippen molar-refractivity contribution in [3.05, 3.63) is 82.8 Å². The van der Waals surface area contributed by atoms with Crippen molar-refractivity contribution < 1.29 is 17.9 Å². The molecule has 1 fully saturated rings. The summed E-state index contributed by atoms with van der Waals surface area (Å²) in [4.78, 5) is 12.3. The first-order valence-corrected chi connectivity index (χ1v) is 12.4. The van der Waals surface area contributed by atoms with E-state index in [4.69, 9.17) is 4.74 Å². The second-order valence-corrected chi connectivity index (χ2v) is 10.3. The number of carbonyl (C=O) groups is 1. The number of halogens is 1. The summed E-state index contributed by atoms with van der Waals surface area (Å²) in [6.45, 7) is -0.229. The highest BCUT2D eigenvalue weighted by Crippen LogP contribution is 2.47. The Kier molecular flexibility index (Phi) is 6.40. The first-order chi connectivity index (χ1) is 15.8. The van der Waals surface area contributed by atoms with E-state index in [1.54, 1.807) is 36.4 Å². The van der Waals surface area contributed by atoms with Gasteiger partial charge in [-0.05, 0) is 79.1 Å². The van der Waals surface area contributed by atoms with Crippen molar-refractivity contribution in [3.63, 3.8) is 0 Å². The lowest BCUT2D eigenvalue weighted by molar-refractivity contribution is -0.118. The van der Waals surface area contributed by atoms with Crippen LogP contribution in [0.5, 0.6) is 5.75 Å². The summed E-state index contributed by atoms with van der Waals surface area (Å²) >= 11 is 3.31. The average molecular weight is 526 g/mol. The minimum absolute atomic E-state index is 0.0770. The molecule has 1 amide bonds. The summed E-state index contributed by atoms with van der Waals surface area (Å²) in [5.41, 5.74) is 1.66. The third kappa shape index (κ3) is 5.53. The molecule has 0 bridgehead atoms. The van der Waals surface area contributed by atoms with Crippen LogP contribution in [-0.4, -0.2) is 20.9 Å². The highest BCUT2D eigenvalue weighted by molar-refractivity contribution is 9.10. The topological polar surface area (TPSA) is 108 Å². The Bertz CT molecular complexity index is 1300. The van der Waals surface area contributed by atoms with Crippen LogP contribution in [0.2, 0.25) is 0 Å². The molecule has 3 aromatic rings. The van der Waals surface area contributed by atoms with Crippen molar-refractivity contribution in [2.75, 3.05) is 16.6 Å². The molecule has 2 N–H and O–H groups in total. The van der Waals surface area contributed by atoms with Crippen LogP contribution in [0.1, 0.15) is 18.4 Å². The molecular formula is C24H20BrN3O4S. The van der Waals surface area contributed by atoms with Crippen LogP contribution in [0.15, 0.2) is 82.2 Å². The van der Waals surface area contributed by atoms with Crippen LogP contribution >= 0.6 is 15.9 Å². The average Bonchev–Trinajstić information content (AvgIpc) is 3.61. The highest BCUT2D eigenvalue weighted by Gasteiger charge is 2.44. The van der Waals surface area contributed by atoms with Crippen LogP contribution < -0.4 is 14.8 Å². The van der Waals surface area contributed by atoms with Crippen LogP contribution in [0, 0.1) is 11.3 Å². The minimum atomic E-state index is -3.75. The molecule has 0 spiro atoms. The predicted octanol–water partition coefficient (Wildman–Crippen LogP) is 4.82. The zero-order chi connectivity index (χ0) is 23.5. The fraction of sp³-hybridized carbons (Fsp3) is 0.167. The van der Waals surface area contributed by atoms with Crippen molar-refractivity contribution in [2.24, 2.45) is 0 Å². The minimum Gasteiger partial charge on any atom is -0.484 e. The zero-order valence-corrected chi connectivity index (χ0v) is 19.8. The number of ether oxygens (including phenoxy) is 1. The molecule has 1 aliphatic carbocycles. The second kappa shape index (κ2) is 9.25. The molecule has 0 heterocycles. The molecule has 33 heavy (non-hydrogen) atoms. The lowest BCUT2D eigenvalue weighted by Crippen LogP contribution is -2.20. The summed E-state index contributed by atoms with van der Waals surface area (Å²) < 4.78 is 33.9. The number of carbonyl (C=O) groups excluding carboxylic acids is 1. The van der Waals surface area contributed by atoms with Gasteiger partial charge in [-0.15, -0.1) is 0 Å².